The summed E-state index contributed by atoms with van der Waals surface area (Å²) >= 11 is 11.8. The van der Waals surface area contributed by atoms with Crippen LogP contribution in [0.5, 0.6) is 5.75 Å². The standard InChI is InChI=1S/C15H17Cl2F3N2O4/c1-3-8(13(23)24)14(25,15(18,19)20)7-21-22-11-6-12(26-4-2)10(17)5-9(11)16/h5-8,22,25H,3-4H2,1-2H3,(H,23,24)/b21-7+. The third kappa shape index (κ3) is 4.93. The predicted octanol–water partition coefficient (Wildman–Crippen LogP) is 4.19. The first-order valence-electron chi connectivity index (χ1n) is 7.41. The van der Waals surface area contributed by atoms with Crippen LogP contribution < -0.4 is 10.2 Å². The zero-order chi connectivity index (χ0) is 20.1. The lowest BCUT2D eigenvalue weighted by molar-refractivity contribution is -0.248. The van der Waals surface area contributed by atoms with Gasteiger partial charge in [-0.05, 0) is 19.4 Å². The molecule has 1 aromatic rings. The van der Waals surface area contributed by atoms with Crippen molar-refractivity contribution in [3.8, 4) is 5.75 Å². The lowest BCUT2D eigenvalue weighted by Crippen LogP contribution is -2.55. The fourth-order valence-corrected chi connectivity index (χ4v) is 2.60. The molecule has 1 rings (SSSR count). The highest BCUT2D eigenvalue weighted by Gasteiger charge is 2.59. The summed E-state index contributed by atoms with van der Waals surface area (Å²) in [5, 5.41) is 22.5. The Balaban J connectivity index is 3.17. The van der Waals surface area contributed by atoms with Gasteiger partial charge in [-0.25, -0.2) is 0 Å². The quantitative estimate of drug-likeness (QED) is 0.436. The number of halogens is 5. The predicted molar refractivity (Wildman–Crippen MR) is 92.2 cm³/mol. The number of benzene rings is 1. The molecule has 0 radical (unpaired) electrons. The summed E-state index contributed by atoms with van der Waals surface area (Å²) < 4.78 is 44.9. The van der Waals surface area contributed by atoms with Gasteiger partial charge >= 0.3 is 12.1 Å². The van der Waals surface area contributed by atoms with Crippen LogP contribution in [-0.2, 0) is 4.79 Å². The smallest absolute Gasteiger partial charge is 0.423 e. The van der Waals surface area contributed by atoms with Crippen molar-refractivity contribution >= 4 is 41.1 Å². The fraction of sp³-hybridized carbons (Fsp3) is 0.467. The minimum Gasteiger partial charge on any atom is -0.492 e. The van der Waals surface area contributed by atoms with Gasteiger partial charge in [0, 0.05) is 6.07 Å². The maximum atomic E-state index is 13.2. The van der Waals surface area contributed by atoms with Gasteiger partial charge in [-0.1, -0.05) is 30.1 Å². The second kappa shape index (κ2) is 8.79. The number of anilines is 1. The number of aliphatic carboxylic acids is 1. The van der Waals surface area contributed by atoms with E-state index in [2.05, 4.69) is 10.5 Å². The van der Waals surface area contributed by atoms with Crippen molar-refractivity contribution in [2.45, 2.75) is 32.0 Å². The van der Waals surface area contributed by atoms with Gasteiger partial charge in [-0.15, -0.1) is 0 Å². The molecular formula is C15H17Cl2F3N2O4. The van der Waals surface area contributed by atoms with E-state index in [0.29, 0.717) is 0 Å². The molecule has 0 fully saturated rings. The summed E-state index contributed by atoms with van der Waals surface area (Å²) in [6.07, 6.45) is -5.62. The molecule has 6 nitrogen and oxygen atoms in total. The third-order valence-corrected chi connectivity index (χ3v) is 4.07. The number of alkyl halides is 3. The normalized spacial score (nSPS) is 15.5. The lowest BCUT2D eigenvalue weighted by Gasteiger charge is -2.31. The van der Waals surface area contributed by atoms with E-state index in [1.54, 1.807) is 6.92 Å². The molecule has 0 aliphatic heterocycles. The molecule has 0 saturated carbocycles. The highest BCUT2D eigenvalue weighted by Crippen LogP contribution is 2.37. The van der Waals surface area contributed by atoms with E-state index in [1.165, 1.54) is 19.1 Å². The Morgan fingerprint density at radius 1 is 1.35 bits per heavy atom. The monoisotopic (exact) mass is 416 g/mol. The highest BCUT2D eigenvalue weighted by molar-refractivity contribution is 6.37. The summed E-state index contributed by atoms with van der Waals surface area (Å²) in [4.78, 5) is 11.1. The number of rotatable bonds is 8. The lowest BCUT2D eigenvalue weighted by atomic mass is 9.85. The van der Waals surface area contributed by atoms with Gasteiger partial charge in [-0.3, -0.25) is 10.2 Å². The SMILES string of the molecule is CCOc1cc(N/N=C/C(O)(C(CC)C(=O)O)C(F)(F)F)c(Cl)cc1Cl. The van der Waals surface area contributed by atoms with Crippen LogP contribution in [0.25, 0.3) is 0 Å². The number of ether oxygens (including phenoxy) is 1. The molecule has 0 amide bonds. The molecule has 0 saturated heterocycles. The summed E-state index contributed by atoms with van der Waals surface area (Å²) in [6, 6.07) is 2.61. The molecular weight excluding hydrogens is 400 g/mol. The van der Waals surface area contributed by atoms with E-state index >= 15 is 0 Å². The molecule has 2 atom stereocenters. The van der Waals surface area contributed by atoms with Gasteiger partial charge in [0.15, 0.2) is 0 Å². The first-order valence-corrected chi connectivity index (χ1v) is 8.17. The van der Waals surface area contributed by atoms with Crippen molar-refractivity contribution in [2.75, 3.05) is 12.0 Å². The summed E-state index contributed by atoms with van der Waals surface area (Å²) in [6.45, 7) is 3.20. The Hall–Kier alpha value is -1.71. The zero-order valence-electron chi connectivity index (χ0n) is 13.8. The molecule has 0 aromatic heterocycles. The molecule has 26 heavy (non-hydrogen) atoms. The molecule has 0 aliphatic rings. The van der Waals surface area contributed by atoms with Crippen LogP contribution in [0.3, 0.4) is 0 Å². The Labute approximate surface area is 157 Å². The van der Waals surface area contributed by atoms with Crippen LogP contribution >= 0.6 is 23.2 Å². The van der Waals surface area contributed by atoms with Crippen LogP contribution in [-0.4, -0.2) is 40.8 Å². The average Bonchev–Trinajstić information content (AvgIpc) is 2.50. The summed E-state index contributed by atoms with van der Waals surface area (Å²) in [5.74, 6) is -3.71. The highest BCUT2D eigenvalue weighted by atomic mass is 35.5. The fourth-order valence-electron chi connectivity index (χ4n) is 2.12. The minimum absolute atomic E-state index is 0.0384. The molecule has 3 N–H and O–H groups in total. The first kappa shape index (κ1) is 22.3. The van der Waals surface area contributed by atoms with Gasteiger partial charge in [0.05, 0.1) is 34.5 Å². The number of nitrogens with one attached hydrogen (secondary N) is 1. The van der Waals surface area contributed by atoms with Gasteiger partial charge < -0.3 is 14.9 Å². The van der Waals surface area contributed by atoms with E-state index < -0.39 is 30.1 Å². The Bertz CT molecular complexity index is 686. The van der Waals surface area contributed by atoms with E-state index in [0.717, 1.165) is 0 Å². The summed E-state index contributed by atoms with van der Waals surface area (Å²) in [5.41, 5.74) is -1.37. The summed E-state index contributed by atoms with van der Waals surface area (Å²) in [7, 11) is 0. The number of nitrogens with zero attached hydrogens (tertiary/aromatic N) is 1. The Morgan fingerprint density at radius 3 is 2.42 bits per heavy atom. The van der Waals surface area contributed by atoms with Crippen LogP contribution in [0.2, 0.25) is 10.0 Å². The van der Waals surface area contributed by atoms with Gasteiger partial charge in [0.2, 0.25) is 5.60 Å². The zero-order valence-corrected chi connectivity index (χ0v) is 15.3. The van der Waals surface area contributed by atoms with E-state index in [9.17, 15) is 23.1 Å². The van der Waals surface area contributed by atoms with Crippen LogP contribution in [0.15, 0.2) is 17.2 Å². The van der Waals surface area contributed by atoms with Crippen molar-refractivity contribution < 1.29 is 32.9 Å². The van der Waals surface area contributed by atoms with E-state index in [4.69, 9.17) is 33.0 Å². The van der Waals surface area contributed by atoms with E-state index in [1.807, 2.05) is 0 Å². The van der Waals surface area contributed by atoms with Crippen molar-refractivity contribution in [2.24, 2.45) is 11.0 Å². The molecule has 0 aliphatic carbocycles. The third-order valence-electron chi connectivity index (χ3n) is 3.46. The topological polar surface area (TPSA) is 91.1 Å². The number of hydrogen-bond donors (Lipinski definition) is 3. The number of carboxylic acid groups (broad SMARTS) is 1. The van der Waals surface area contributed by atoms with Gasteiger partial charge in [0.25, 0.3) is 0 Å². The number of hydrogen-bond acceptors (Lipinski definition) is 5. The first-order chi connectivity index (χ1) is 12.0. The van der Waals surface area contributed by atoms with Crippen molar-refractivity contribution in [1.29, 1.82) is 0 Å². The number of aliphatic hydroxyl groups is 1. The number of carboxylic acids is 1. The Morgan fingerprint density at radius 2 is 1.96 bits per heavy atom. The van der Waals surface area contributed by atoms with Crippen LogP contribution in [0.1, 0.15) is 20.3 Å². The average molecular weight is 417 g/mol. The Kier molecular flexibility index (Phi) is 7.55. The van der Waals surface area contributed by atoms with Crippen molar-refractivity contribution in [1.82, 2.24) is 0 Å². The maximum Gasteiger partial charge on any atom is 0.423 e. The molecule has 11 heteroatoms. The van der Waals surface area contributed by atoms with Crippen LogP contribution in [0.4, 0.5) is 18.9 Å². The van der Waals surface area contributed by atoms with Crippen molar-refractivity contribution in [3.63, 3.8) is 0 Å². The number of hydrazone groups is 1. The molecule has 146 valence electrons. The molecule has 2 unspecified atom stereocenters. The molecule has 0 bridgehead atoms. The number of carbonyl (C=O) groups is 1. The molecule has 1 aromatic carbocycles. The minimum atomic E-state index is -5.25. The van der Waals surface area contributed by atoms with E-state index in [-0.39, 0.29) is 34.3 Å². The second-order valence-electron chi connectivity index (χ2n) is 5.19. The molecule has 0 spiro atoms. The largest absolute Gasteiger partial charge is 0.492 e. The second-order valence-corrected chi connectivity index (χ2v) is 6.00. The van der Waals surface area contributed by atoms with Crippen molar-refractivity contribution in [3.05, 3.63) is 22.2 Å². The van der Waals surface area contributed by atoms with Gasteiger partial charge in [0.1, 0.15) is 5.75 Å². The molecule has 0 heterocycles. The van der Waals surface area contributed by atoms with Crippen LogP contribution in [0, 0.1) is 5.92 Å². The maximum absolute atomic E-state index is 13.2. The van der Waals surface area contributed by atoms with Gasteiger partial charge in [-0.2, -0.15) is 18.3 Å².